The number of nitrogens with zero attached hydrogens (tertiary/aromatic N) is 2. The third kappa shape index (κ3) is 8.07. The molecular weight excluding hydrogens is 422 g/mol. The van der Waals surface area contributed by atoms with Crippen LogP contribution in [0, 0.1) is 6.92 Å². The number of ether oxygens (including phenoxy) is 2. The zero-order chi connectivity index (χ0) is 23.5. The predicted octanol–water partition coefficient (Wildman–Crippen LogP) is 3.67. The Hall–Kier alpha value is -3.68. The molecule has 8 heteroatoms. The molecule has 1 aromatic heterocycles. The van der Waals surface area contributed by atoms with Gasteiger partial charge in [-0.25, -0.2) is 0 Å². The smallest absolute Gasteiger partial charge is 0.305 e. The van der Waals surface area contributed by atoms with Gasteiger partial charge in [0.2, 0.25) is 17.6 Å². The van der Waals surface area contributed by atoms with Gasteiger partial charge >= 0.3 is 5.97 Å². The number of methoxy groups -OCH3 is 1. The standard InChI is InChI=1S/C25H29N3O5/c1-18-6-8-19(9-7-18)10-15-22(29)26-16-17-32-24(30)5-3-4-23-27-25(28-33-23)20-11-13-21(31-2)14-12-20/h6-9,11-14H,3-5,10,15-17H2,1-2H3,(H,26,29). The Morgan fingerprint density at radius 1 is 1.00 bits per heavy atom. The summed E-state index contributed by atoms with van der Waals surface area (Å²) in [6.45, 7) is 2.48. The van der Waals surface area contributed by atoms with E-state index in [9.17, 15) is 9.59 Å². The van der Waals surface area contributed by atoms with Gasteiger partial charge in [-0.15, -0.1) is 0 Å². The first-order valence-corrected chi connectivity index (χ1v) is 11.0. The monoisotopic (exact) mass is 451 g/mol. The van der Waals surface area contributed by atoms with E-state index in [1.165, 1.54) is 5.56 Å². The van der Waals surface area contributed by atoms with Gasteiger partial charge in [0.15, 0.2) is 0 Å². The summed E-state index contributed by atoms with van der Waals surface area (Å²) in [7, 11) is 1.61. The first-order valence-electron chi connectivity index (χ1n) is 11.0. The van der Waals surface area contributed by atoms with Crippen LogP contribution in [-0.4, -0.2) is 42.3 Å². The summed E-state index contributed by atoms with van der Waals surface area (Å²) < 4.78 is 15.6. The fraction of sp³-hybridized carbons (Fsp3) is 0.360. The highest BCUT2D eigenvalue weighted by Crippen LogP contribution is 2.20. The molecule has 0 atom stereocenters. The van der Waals surface area contributed by atoms with Crippen LogP contribution in [0.3, 0.4) is 0 Å². The predicted molar refractivity (Wildman–Crippen MR) is 123 cm³/mol. The van der Waals surface area contributed by atoms with Crippen LogP contribution in [0.1, 0.15) is 36.3 Å². The van der Waals surface area contributed by atoms with E-state index in [4.69, 9.17) is 14.0 Å². The first-order chi connectivity index (χ1) is 16.0. The molecule has 1 amide bonds. The van der Waals surface area contributed by atoms with Crippen LogP contribution < -0.4 is 10.1 Å². The summed E-state index contributed by atoms with van der Waals surface area (Å²) in [5, 5.41) is 6.74. The van der Waals surface area contributed by atoms with Crippen LogP contribution in [0.4, 0.5) is 0 Å². The highest BCUT2D eigenvalue weighted by molar-refractivity contribution is 5.76. The number of hydrogen-bond acceptors (Lipinski definition) is 7. The molecule has 0 saturated carbocycles. The zero-order valence-electron chi connectivity index (χ0n) is 19.0. The van der Waals surface area contributed by atoms with E-state index in [1.807, 2.05) is 55.5 Å². The lowest BCUT2D eigenvalue weighted by Gasteiger charge is -2.07. The van der Waals surface area contributed by atoms with Crippen molar-refractivity contribution in [2.24, 2.45) is 0 Å². The number of nitrogens with one attached hydrogen (secondary N) is 1. The zero-order valence-corrected chi connectivity index (χ0v) is 19.0. The number of aryl methyl sites for hydroxylation is 3. The first kappa shape index (κ1) is 24.0. The molecule has 8 nitrogen and oxygen atoms in total. The second kappa shape index (κ2) is 12.4. The van der Waals surface area contributed by atoms with Gasteiger partial charge in [-0.3, -0.25) is 9.59 Å². The van der Waals surface area contributed by atoms with Crippen molar-refractivity contribution in [1.29, 1.82) is 0 Å². The molecule has 0 aliphatic carbocycles. The number of carbonyl (C=O) groups excluding carboxylic acids is 2. The molecule has 0 fully saturated rings. The second-order valence-corrected chi connectivity index (χ2v) is 7.65. The molecule has 0 aliphatic heterocycles. The fourth-order valence-corrected chi connectivity index (χ4v) is 3.13. The average Bonchev–Trinajstić information content (AvgIpc) is 3.30. The Labute approximate surface area is 193 Å². The van der Waals surface area contributed by atoms with Gasteiger partial charge in [-0.1, -0.05) is 35.0 Å². The van der Waals surface area contributed by atoms with E-state index < -0.39 is 0 Å². The second-order valence-electron chi connectivity index (χ2n) is 7.65. The van der Waals surface area contributed by atoms with Crippen LogP contribution in [0.2, 0.25) is 0 Å². The van der Waals surface area contributed by atoms with E-state index >= 15 is 0 Å². The van der Waals surface area contributed by atoms with E-state index in [0.29, 0.717) is 43.9 Å². The van der Waals surface area contributed by atoms with Crippen LogP contribution in [0.25, 0.3) is 11.4 Å². The molecular formula is C25H29N3O5. The third-order valence-electron chi connectivity index (χ3n) is 5.04. The third-order valence-corrected chi connectivity index (χ3v) is 5.04. The van der Waals surface area contributed by atoms with Crippen LogP contribution in [0.15, 0.2) is 53.1 Å². The summed E-state index contributed by atoms with van der Waals surface area (Å²) in [4.78, 5) is 28.2. The number of carbonyl (C=O) groups is 2. The maximum absolute atomic E-state index is 11.9. The van der Waals surface area contributed by atoms with Crippen molar-refractivity contribution in [3.05, 3.63) is 65.5 Å². The maximum Gasteiger partial charge on any atom is 0.305 e. The highest BCUT2D eigenvalue weighted by atomic mass is 16.5. The summed E-state index contributed by atoms with van der Waals surface area (Å²) in [6.07, 6.45) is 2.34. The molecule has 0 unspecified atom stereocenters. The van der Waals surface area contributed by atoms with E-state index in [-0.39, 0.29) is 24.9 Å². The molecule has 1 heterocycles. The Morgan fingerprint density at radius 2 is 1.76 bits per heavy atom. The summed E-state index contributed by atoms with van der Waals surface area (Å²) in [5.41, 5.74) is 3.14. The molecule has 1 N–H and O–H groups in total. The molecule has 33 heavy (non-hydrogen) atoms. The topological polar surface area (TPSA) is 104 Å². The number of rotatable bonds is 12. The summed E-state index contributed by atoms with van der Waals surface area (Å²) >= 11 is 0. The number of amides is 1. The maximum atomic E-state index is 11.9. The summed E-state index contributed by atoms with van der Waals surface area (Å²) in [5.74, 6) is 1.33. The minimum Gasteiger partial charge on any atom is -0.497 e. The van der Waals surface area contributed by atoms with Crippen molar-refractivity contribution in [2.75, 3.05) is 20.3 Å². The van der Waals surface area contributed by atoms with Gasteiger partial charge in [0.25, 0.3) is 0 Å². The molecule has 2 aromatic carbocycles. The Kier molecular flexibility index (Phi) is 8.99. The molecule has 0 radical (unpaired) electrons. The van der Waals surface area contributed by atoms with Crippen LogP contribution in [-0.2, 0) is 27.2 Å². The van der Waals surface area contributed by atoms with Crippen molar-refractivity contribution in [3.8, 4) is 17.1 Å². The van der Waals surface area contributed by atoms with Crippen molar-refractivity contribution in [2.45, 2.75) is 39.0 Å². The minimum absolute atomic E-state index is 0.0596. The van der Waals surface area contributed by atoms with E-state index in [1.54, 1.807) is 7.11 Å². The van der Waals surface area contributed by atoms with Gasteiger partial charge in [-0.05, 0) is 49.6 Å². The number of aromatic nitrogens is 2. The van der Waals surface area contributed by atoms with Crippen molar-refractivity contribution in [1.82, 2.24) is 15.5 Å². The average molecular weight is 452 g/mol. The van der Waals surface area contributed by atoms with Gasteiger partial charge in [-0.2, -0.15) is 4.98 Å². The Bertz CT molecular complexity index is 1030. The molecule has 174 valence electrons. The highest BCUT2D eigenvalue weighted by Gasteiger charge is 2.10. The SMILES string of the molecule is COc1ccc(-c2noc(CCCC(=O)OCCNC(=O)CCc3ccc(C)cc3)n2)cc1. The Balaban J connectivity index is 1.26. The molecule has 3 aromatic rings. The molecule has 0 bridgehead atoms. The van der Waals surface area contributed by atoms with Gasteiger partial charge in [0.05, 0.1) is 13.7 Å². The normalized spacial score (nSPS) is 10.6. The van der Waals surface area contributed by atoms with E-state index in [0.717, 1.165) is 16.9 Å². The molecule has 3 rings (SSSR count). The summed E-state index contributed by atoms with van der Waals surface area (Å²) in [6, 6.07) is 15.5. The fourth-order valence-electron chi connectivity index (χ4n) is 3.13. The number of esters is 1. The van der Waals surface area contributed by atoms with Crippen molar-refractivity contribution >= 4 is 11.9 Å². The lowest BCUT2D eigenvalue weighted by atomic mass is 10.1. The number of benzene rings is 2. The lowest BCUT2D eigenvalue weighted by molar-refractivity contribution is -0.144. The van der Waals surface area contributed by atoms with Crippen LogP contribution >= 0.6 is 0 Å². The van der Waals surface area contributed by atoms with Gasteiger partial charge < -0.3 is 19.3 Å². The van der Waals surface area contributed by atoms with Crippen LogP contribution in [0.5, 0.6) is 5.75 Å². The molecule has 0 saturated heterocycles. The molecule has 0 spiro atoms. The van der Waals surface area contributed by atoms with Crippen molar-refractivity contribution in [3.63, 3.8) is 0 Å². The number of hydrogen-bond donors (Lipinski definition) is 1. The van der Waals surface area contributed by atoms with E-state index in [2.05, 4.69) is 15.5 Å². The minimum atomic E-state index is -0.321. The molecule has 0 aliphatic rings. The van der Waals surface area contributed by atoms with Gasteiger partial charge in [0.1, 0.15) is 12.4 Å². The van der Waals surface area contributed by atoms with Crippen molar-refractivity contribution < 1.29 is 23.6 Å². The largest absolute Gasteiger partial charge is 0.497 e. The van der Waals surface area contributed by atoms with Gasteiger partial charge in [0, 0.05) is 24.8 Å². The lowest BCUT2D eigenvalue weighted by Crippen LogP contribution is -2.28. The quantitative estimate of drug-likeness (QED) is 0.331. The Morgan fingerprint density at radius 3 is 2.48 bits per heavy atom.